The van der Waals surface area contributed by atoms with Gasteiger partial charge in [-0.15, -0.1) is 0 Å². The Labute approximate surface area is 137 Å². The molecule has 0 bridgehead atoms. The van der Waals surface area contributed by atoms with Crippen molar-refractivity contribution in [3.05, 3.63) is 42.5 Å². The van der Waals surface area contributed by atoms with Gasteiger partial charge in [-0.2, -0.15) is 0 Å². The summed E-state index contributed by atoms with van der Waals surface area (Å²) in [7, 11) is 0. The summed E-state index contributed by atoms with van der Waals surface area (Å²) in [5, 5.41) is 5.77. The Bertz CT molecular complexity index is 820. The van der Waals surface area contributed by atoms with Crippen molar-refractivity contribution >= 4 is 23.3 Å². The van der Waals surface area contributed by atoms with Crippen molar-refractivity contribution in [3.63, 3.8) is 0 Å². The van der Waals surface area contributed by atoms with Crippen molar-refractivity contribution < 1.29 is 23.8 Å². The van der Waals surface area contributed by atoms with E-state index >= 15 is 0 Å². The van der Waals surface area contributed by atoms with E-state index in [-0.39, 0.29) is 19.1 Å². The van der Waals surface area contributed by atoms with Gasteiger partial charge in [0, 0.05) is 11.8 Å². The van der Waals surface area contributed by atoms with E-state index in [9.17, 15) is 9.59 Å². The summed E-state index contributed by atoms with van der Waals surface area (Å²) in [5.74, 6) is 0.909. The Morgan fingerprint density at radius 3 is 2.88 bits per heavy atom. The molecule has 0 fully saturated rings. The van der Waals surface area contributed by atoms with Crippen LogP contribution in [0.3, 0.4) is 0 Å². The molecule has 0 aliphatic carbocycles. The number of para-hydroxylation sites is 2. The maximum absolute atomic E-state index is 12.2. The summed E-state index contributed by atoms with van der Waals surface area (Å²) in [6.07, 6.45) is -0.0401. The van der Waals surface area contributed by atoms with E-state index in [0.29, 0.717) is 28.6 Å². The first-order valence-electron chi connectivity index (χ1n) is 7.46. The zero-order valence-electron chi connectivity index (χ0n) is 12.6. The Kier molecular flexibility index (Phi) is 3.45. The minimum Gasteiger partial charge on any atom is -0.454 e. The molecule has 0 spiro atoms. The van der Waals surface area contributed by atoms with E-state index in [0.717, 1.165) is 0 Å². The minimum absolute atomic E-state index is 0.0401. The zero-order chi connectivity index (χ0) is 16.5. The number of carbonyl (C=O) groups is 2. The number of benzene rings is 2. The smallest absolute Gasteiger partial charge is 0.334 e. The number of hydrogen-bond acceptors (Lipinski definition) is 6. The molecule has 2 N–H and O–H groups in total. The first kappa shape index (κ1) is 14.4. The normalized spacial score (nSPS) is 17.5. The molecular weight excluding hydrogens is 312 g/mol. The van der Waals surface area contributed by atoms with E-state index in [2.05, 4.69) is 10.6 Å². The standard InChI is InChI=1S/C17H14N2O5/c20-16(18-10-5-6-14-15(7-10)23-9-22-14)8-12-17(21)24-13-4-2-1-3-11(13)19-12/h1-7,12,19H,8-9H2,(H,18,20). The molecule has 2 aromatic rings. The monoisotopic (exact) mass is 326 g/mol. The second kappa shape index (κ2) is 5.77. The number of rotatable bonds is 3. The maximum atomic E-state index is 12.2. The van der Waals surface area contributed by atoms with Gasteiger partial charge in [-0.3, -0.25) is 4.79 Å². The highest BCUT2D eigenvalue weighted by Gasteiger charge is 2.29. The molecule has 1 atom stereocenters. The number of nitrogens with one attached hydrogen (secondary N) is 2. The van der Waals surface area contributed by atoms with Crippen LogP contribution in [0.1, 0.15) is 6.42 Å². The second-order valence-electron chi connectivity index (χ2n) is 5.43. The largest absolute Gasteiger partial charge is 0.454 e. The third kappa shape index (κ3) is 2.71. The zero-order valence-corrected chi connectivity index (χ0v) is 12.6. The molecule has 2 heterocycles. The minimum atomic E-state index is -0.728. The highest BCUT2D eigenvalue weighted by Crippen LogP contribution is 2.34. The SMILES string of the molecule is O=C(CC1Nc2ccccc2OC1=O)Nc1ccc2c(c1)OCO2. The van der Waals surface area contributed by atoms with Crippen molar-refractivity contribution in [2.75, 3.05) is 17.4 Å². The summed E-state index contributed by atoms with van der Waals surface area (Å²) >= 11 is 0. The van der Waals surface area contributed by atoms with Crippen LogP contribution in [-0.2, 0) is 9.59 Å². The third-order valence-electron chi connectivity index (χ3n) is 3.76. The van der Waals surface area contributed by atoms with Gasteiger partial charge in [0.25, 0.3) is 0 Å². The lowest BCUT2D eigenvalue weighted by atomic mass is 10.1. The molecule has 4 rings (SSSR count). The lowest BCUT2D eigenvalue weighted by Gasteiger charge is -2.25. The molecule has 7 nitrogen and oxygen atoms in total. The summed E-state index contributed by atoms with van der Waals surface area (Å²) < 4.78 is 15.7. The fourth-order valence-corrected chi connectivity index (χ4v) is 2.61. The van der Waals surface area contributed by atoms with Gasteiger partial charge in [-0.05, 0) is 24.3 Å². The van der Waals surface area contributed by atoms with Crippen LogP contribution in [-0.4, -0.2) is 24.7 Å². The van der Waals surface area contributed by atoms with Gasteiger partial charge in [0.05, 0.1) is 12.1 Å². The van der Waals surface area contributed by atoms with Crippen LogP contribution < -0.4 is 24.8 Å². The average Bonchev–Trinajstić information content (AvgIpc) is 3.03. The van der Waals surface area contributed by atoms with Crippen molar-refractivity contribution in [3.8, 4) is 17.2 Å². The van der Waals surface area contributed by atoms with Gasteiger partial charge < -0.3 is 24.8 Å². The third-order valence-corrected chi connectivity index (χ3v) is 3.76. The predicted octanol–water partition coefficient (Wildman–Crippen LogP) is 2.14. The molecular formula is C17H14N2O5. The lowest BCUT2D eigenvalue weighted by molar-refractivity contribution is -0.137. The topological polar surface area (TPSA) is 85.9 Å². The molecule has 1 unspecified atom stereocenters. The van der Waals surface area contributed by atoms with Gasteiger partial charge in [0.2, 0.25) is 12.7 Å². The number of hydrogen-bond donors (Lipinski definition) is 2. The molecule has 7 heteroatoms. The van der Waals surface area contributed by atoms with Crippen molar-refractivity contribution in [2.24, 2.45) is 0 Å². The van der Waals surface area contributed by atoms with Crippen LogP contribution in [0.5, 0.6) is 17.2 Å². The molecule has 2 aliphatic rings. The molecule has 0 saturated carbocycles. The fraction of sp³-hybridized carbons (Fsp3) is 0.176. The molecule has 2 aliphatic heterocycles. The molecule has 0 saturated heterocycles. The number of fused-ring (bicyclic) bond motifs is 2. The average molecular weight is 326 g/mol. The lowest BCUT2D eigenvalue weighted by Crippen LogP contribution is -2.39. The highest BCUT2D eigenvalue weighted by atomic mass is 16.7. The molecule has 0 radical (unpaired) electrons. The van der Waals surface area contributed by atoms with Crippen LogP contribution in [0.2, 0.25) is 0 Å². The summed E-state index contributed by atoms with van der Waals surface area (Å²) in [6, 6.07) is 11.5. The number of anilines is 2. The van der Waals surface area contributed by atoms with E-state index < -0.39 is 12.0 Å². The maximum Gasteiger partial charge on any atom is 0.334 e. The van der Waals surface area contributed by atoms with E-state index in [1.165, 1.54) is 0 Å². The number of carbonyl (C=O) groups excluding carboxylic acids is 2. The van der Waals surface area contributed by atoms with Crippen LogP contribution in [0, 0.1) is 0 Å². The molecule has 24 heavy (non-hydrogen) atoms. The van der Waals surface area contributed by atoms with Crippen LogP contribution >= 0.6 is 0 Å². The predicted molar refractivity (Wildman–Crippen MR) is 85.3 cm³/mol. The van der Waals surface area contributed by atoms with E-state index in [4.69, 9.17) is 14.2 Å². The Hall–Kier alpha value is -3.22. The van der Waals surface area contributed by atoms with E-state index in [1.54, 1.807) is 36.4 Å². The molecule has 0 aromatic heterocycles. The first-order chi connectivity index (χ1) is 11.7. The Morgan fingerprint density at radius 1 is 1.12 bits per heavy atom. The quantitative estimate of drug-likeness (QED) is 0.664. The van der Waals surface area contributed by atoms with Gasteiger partial charge in [-0.25, -0.2) is 4.79 Å². The van der Waals surface area contributed by atoms with Crippen LogP contribution in [0.15, 0.2) is 42.5 Å². The number of esters is 1. The molecule has 1 amide bonds. The van der Waals surface area contributed by atoms with Gasteiger partial charge >= 0.3 is 5.97 Å². The second-order valence-corrected chi connectivity index (χ2v) is 5.43. The van der Waals surface area contributed by atoms with Crippen LogP contribution in [0.25, 0.3) is 0 Å². The fourth-order valence-electron chi connectivity index (χ4n) is 2.61. The van der Waals surface area contributed by atoms with Crippen molar-refractivity contribution in [1.82, 2.24) is 0 Å². The summed E-state index contributed by atoms with van der Waals surface area (Å²) in [4.78, 5) is 24.2. The summed E-state index contributed by atoms with van der Waals surface area (Å²) in [5.41, 5.74) is 1.27. The molecule has 2 aromatic carbocycles. The highest BCUT2D eigenvalue weighted by molar-refractivity contribution is 5.97. The Balaban J connectivity index is 1.42. The van der Waals surface area contributed by atoms with Crippen LogP contribution in [0.4, 0.5) is 11.4 Å². The van der Waals surface area contributed by atoms with Gasteiger partial charge in [0.1, 0.15) is 6.04 Å². The van der Waals surface area contributed by atoms with Gasteiger partial charge in [-0.1, -0.05) is 12.1 Å². The first-order valence-corrected chi connectivity index (χ1v) is 7.46. The van der Waals surface area contributed by atoms with Gasteiger partial charge in [0.15, 0.2) is 17.2 Å². The van der Waals surface area contributed by atoms with Crippen molar-refractivity contribution in [2.45, 2.75) is 12.5 Å². The number of ether oxygens (including phenoxy) is 3. The summed E-state index contributed by atoms with van der Waals surface area (Å²) in [6.45, 7) is 0.171. The molecule has 122 valence electrons. The number of amides is 1. The van der Waals surface area contributed by atoms with Crippen molar-refractivity contribution in [1.29, 1.82) is 0 Å². The Morgan fingerprint density at radius 2 is 1.96 bits per heavy atom. The van der Waals surface area contributed by atoms with E-state index in [1.807, 2.05) is 6.07 Å².